The fraction of sp³-hybridized carbons (Fsp3) is 0.318. The van der Waals surface area contributed by atoms with E-state index in [0.29, 0.717) is 23.6 Å². The van der Waals surface area contributed by atoms with Crippen LogP contribution in [0.4, 0.5) is 0 Å². The van der Waals surface area contributed by atoms with E-state index in [1.807, 2.05) is 29.3 Å². The molecule has 0 saturated carbocycles. The van der Waals surface area contributed by atoms with Gasteiger partial charge in [0.25, 0.3) is 5.91 Å². The quantitative estimate of drug-likeness (QED) is 0.713. The minimum Gasteiger partial charge on any atom is -0.496 e. The molecule has 1 aromatic carbocycles. The van der Waals surface area contributed by atoms with Gasteiger partial charge in [0.15, 0.2) is 0 Å². The Balaban J connectivity index is 1.74. The Labute approximate surface area is 169 Å². The van der Waals surface area contributed by atoms with Crippen molar-refractivity contribution in [3.63, 3.8) is 0 Å². The second-order valence-corrected chi connectivity index (χ2v) is 6.98. The number of hydrogen-bond acceptors (Lipinski definition) is 5. The predicted molar refractivity (Wildman–Crippen MR) is 109 cm³/mol. The standard InChI is InChI=1S/C22H24N4O3/c1-28-18-7-5-8-19(29-2)20(18)22(27)26-13-4-3-6-17(26)21-16(14-24-25-21)15-9-11-23-12-10-15/h5,7-12,14,17H,3-4,6,13H2,1-2H3,(H,24,25)/t17-/m0/s1. The molecule has 29 heavy (non-hydrogen) atoms. The molecule has 0 unspecified atom stereocenters. The average molecular weight is 392 g/mol. The minimum absolute atomic E-state index is 0.0979. The van der Waals surface area contributed by atoms with E-state index >= 15 is 0 Å². The molecule has 3 heterocycles. The molecule has 0 spiro atoms. The van der Waals surface area contributed by atoms with E-state index in [2.05, 4.69) is 15.2 Å². The Bertz CT molecular complexity index is 964. The molecule has 7 nitrogen and oxygen atoms in total. The lowest BCUT2D eigenvalue weighted by molar-refractivity contribution is 0.0600. The molecule has 1 amide bonds. The molecule has 1 N–H and O–H groups in total. The van der Waals surface area contributed by atoms with E-state index < -0.39 is 0 Å². The molecular weight excluding hydrogens is 368 g/mol. The van der Waals surface area contributed by atoms with Gasteiger partial charge in [-0.05, 0) is 49.1 Å². The van der Waals surface area contributed by atoms with Crippen LogP contribution in [0, 0.1) is 0 Å². The topological polar surface area (TPSA) is 80.3 Å². The highest BCUT2D eigenvalue weighted by Gasteiger charge is 2.34. The van der Waals surface area contributed by atoms with Gasteiger partial charge < -0.3 is 14.4 Å². The second kappa shape index (κ2) is 8.34. The van der Waals surface area contributed by atoms with Gasteiger partial charge in [0.2, 0.25) is 0 Å². The molecule has 150 valence electrons. The maximum absolute atomic E-state index is 13.6. The van der Waals surface area contributed by atoms with E-state index in [1.165, 1.54) is 0 Å². The van der Waals surface area contributed by atoms with Gasteiger partial charge in [0, 0.05) is 24.5 Å². The zero-order chi connectivity index (χ0) is 20.2. The fourth-order valence-electron chi connectivity index (χ4n) is 3.99. The number of carbonyl (C=O) groups excluding carboxylic acids is 1. The summed E-state index contributed by atoms with van der Waals surface area (Å²) in [6.07, 6.45) is 8.20. The molecule has 0 aliphatic carbocycles. The van der Waals surface area contributed by atoms with Crippen LogP contribution in [0.2, 0.25) is 0 Å². The van der Waals surface area contributed by atoms with Crippen LogP contribution in [0.3, 0.4) is 0 Å². The number of likely N-dealkylation sites (tertiary alicyclic amines) is 1. The van der Waals surface area contributed by atoms with Crippen LogP contribution in [0.5, 0.6) is 11.5 Å². The van der Waals surface area contributed by atoms with Gasteiger partial charge in [-0.25, -0.2) is 0 Å². The third-order valence-electron chi connectivity index (χ3n) is 5.40. The van der Waals surface area contributed by atoms with Crippen LogP contribution in [0.1, 0.15) is 41.4 Å². The summed E-state index contributed by atoms with van der Waals surface area (Å²) in [5.41, 5.74) is 3.41. The summed E-state index contributed by atoms with van der Waals surface area (Å²) < 4.78 is 10.9. The number of carbonyl (C=O) groups is 1. The summed E-state index contributed by atoms with van der Waals surface area (Å²) in [6, 6.07) is 9.19. The highest BCUT2D eigenvalue weighted by Crippen LogP contribution is 2.38. The number of H-pyrrole nitrogens is 1. The number of aromatic amines is 1. The first-order valence-electron chi connectivity index (χ1n) is 9.70. The van der Waals surface area contributed by atoms with Crippen LogP contribution in [-0.2, 0) is 0 Å². The summed E-state index contributed by atoms with van der Waals surface area (Å²) in [5, 5.41) is 7.42. The van der Waals surface area contributed by atoms with Crippen LogP contribution >= 0.6 is 0 Å². The predicted octanol–water partition coefficient (Wildman–Crippen LogP) is 3.86. The van der Waals surface area contributed by atoms with Crippen LogP contribution in [0.15, 0.2) is 48.9 Å². The zero-order valence-electron chi connectivity index (χ0n) is 16.6. The molecule has 2 aromatic heterocycles. The van der Waals surface area contributed by atoms with E-state index in [-0.39, 0.29) is 11.9 Å². The molecule has 1 atom stereocenters. The lowest BCUT2D eigenvalue weighted by Crippen LogP contribution is -2.39. The van der Waals surface area contributed by atoms with Crippen molar-refractivity contribution in [1.82, 2.24) is 20.1 Å². The van der Waals surface area contributed by atoms with Crippen molar-refractivity contribution in [1.29, 1.82) is 0 Å². The van der Waals surface area contributed by atoms with Crippen molar-refractivity contribution in [3.8, 4) is 22.6 Å². The van der Waals surface area contributed by atoms with E-state index in [0.717, 1.165) is 36.1 Å². The lowest BCUT2D eigenvalue weighted by Gasteiger charge is -2.36. The summed E-state index contributed by atoms with van der Waals surface area (Å²) >= 11 is 0. The Hall–Kier alpha value is -3.35. The summed E-state index contributed by atoms with van der Waals surface area (Å²) in [4.78, 5) is 19.6. The number of hydrogen-bond donors (Lipinski definition) is 1. The molecule has 3 aromatic rings. The highest BCUT2D eigenvalue weighted by atomic mass is 16.5. The zero-order valence-corrected chi connectivity index (χ0v) is 16.6. The maximum atomic E-state index is 13.6. The first-order valence-corrected chi connectivity index (χ1v) is 9.70. The number of aromatic nitrogens is 3. The molecule has 7 heteroatoms. The van der Waals surface area contributed by atoms with E-state index in [1.54, 1.807) is 38.7 Å². The number of nitrogens with one attached hydrogen (secondary N) is 1. The third-order valence-corrected chi connectivity index (χ3v) is 5.40. The number of nitrogens with zero attached hydrogens (tertiary/aromatic N) is 3. The van der Waals surface area contributed by atoms with E-state index in [4.69, 9.17) is 9.47 Å². The van der Waals surface area contributed by atoms with Crippen LogP contribution in [-0.4, -0.2) is 46.8 Å². The summed E-state index contributed by atoms with van der Waals surface area (Å²) in [5.74, 6) is 0.926. The summed E-state index contributed by atoms with van der Waals surface area (Å²) in [7, 11) is 3.13. The number of ether oxygens (including phenoxy) is 2. The Morgan fingerprint density at radius 2 is 1.83 bits per heavy atom. The largest absolute Gasteiger partial charge is 0.496 e. The van der Waals surface area contributed by atoms with Gasteiger partial charge in [-0.2, -0.15) is 5.10 Å². The van der Waals surface area contributed by atoms with Crippen LogP contribution in [0.25, 0.3) is 11.1 Å². The van der Waals surface area contributed by atoms with Gasteiger partial charge in [-0.1, -0.05) is 6.07 Å². The number of benzene rings is 1. The molecule has 0 radical (unpaired) electrons. The highest BCUT2D eigenvalue weighted by molar-refractivity contribution is 6.00. The monoisotopic (exact) mass is 392 g/mol. The number of pyridine rings is 1. The lowest BCUT2D eigenvalue weighted by atomic mass is 9.94. The van der Waals surface area contributed by atoms with Crippen molar-refractivity contribution < 1.29 is 14.3 Å². The average Bonchev–Trinajstić information content (AvgIpc) is 3.28. The molecule has 1 saturated heterocycles. The first kappa shape index (κ1) is 19.0. The van der Waals surface area contributed by atoms with Gasteiger partial charge in [0.1, 0.15) is 17.1 Å². The van der Waals surface area contributed by atoms with Gasteiger partial charge in [-0.3, -0.25) is 14.9 Å². The number of amides is 1. The minimum atomic E-state index is -0.100. The second-order valence-electron chi connectivity index (χ2n) is 6.98. The van der Waals surface area contributed by atoms with Gasteiger partial charge in [0.05, 0.1) is 32.2 Å². The van der Waals surface area contributed by atoms with Crippen molar-refractivity contribution >= 4 is 5.91 Å². The van der Waals surface area contributed by atoms with Gasteiger partial charge >= 0.3 is 0 Å². The first-order chi connectivity index (χ1) is 14.2. The Kier molecular flexibility index (Phi) is 5.46. The SMILES string of the molecule is COc1cccc(OC)c1C(=O)N1CCCC[C@H]1c1[nH]ncc1-c1ccncc1. The maximum Gasteiger partial charge on any atom is 0.261 e. The number of methoxy groups -OCH3 is 2. The normalized spacial score (nSPS) is 16.5. The third kappa shape index (κ3) is 3.55. The number of piperidine rings is 1. The van der Waals surface area contributed by atoms with Crippen LogP contribution < -0.4 is 9.47 Å². The van der Waals surface area contributed by atoms with Crippen molar-refractivity contribution in [3.05, 3.63) is 60.2 Å². The Morgan fingerprint density at radius 1 is 1.10 bits per heavy atom. The van der Waals surface area contributed by atoms with Gasteiger partial charge in [-0.15, -0.1) is 0 Å². The molecule has 0 bridgehead atoms. The molecule has 1 fully saturated rings. The summed E-state index contributed by atoms with van der Waals surface area (Å²) in [6.45, 7) is 0.666. The van der Waals surface area contributed by atoms with E-state index in [9.17, 15) is 4.79 Å². The molecule has 1 aliphatic heterocycles. The van der Waals surface area contributed by atoms with Crippen molar-refractivity contribution in [2.24, 2.45) is 0 Å². The Morgan fingerprint density at radius 3 is 2.52 bits per heavy atom. The molecular formula is C22H24N4O3. The number of rotatable bonds is 5. The fourth-order valence-corrected chi connectivity index (χ4v) is 3.99. The van der Waals surface area contributed by atoms with Crippen molar-refractivity contribution in [2.75, 3.05) is 20.8 Å². The molecule has 4 rings (SSSR count). The molecule has 1 aliphatic rings. The smallest absolute Gasteiger partial charge is 0.261 e. The van der Waals surface area contributed by atoms with Crippen molar-refractivity contribution in [2.45, 2.75) is 25.3 Å².